The summed E-state index contributed by atoms with van der Waals surface area (Å²) in [6.07, 6.45) is -0.156. The Kier molecular flexibility index (Phi) is 4.47. The van der Waals surface area contributed by atoms with Crippen LogP contribution < -0.4 is 0 Å². The van der Waals surface area contributed by atoms with Crippen molar-refractivity contribution < 1.29 is 18.8 Å². The molecule has 0 fully saturated rings. The second-order valence-corrected chi connectivity index (χ2v) is 4.34. The number of hydrogen-bond donors (Lipinski definition) is 0. The maximum atomic E-state index is 12.1. The van der Waals surface area contributed by atoms with Crippen LogP contribution in [-0.2, 0) is 9.47 Å². The zero-order valence-electron chi connectivity index (χ0n) is 11.6. The zero-order valence-corrected chi connectivity index (χ0v) is 11.6. The number of nitrogens with zero attached hydrogens (tertiary/aromatic N) is 2. The highest BCUT2D eigenvalue weighted by Crippen LogP contribution is 2.22. The van der Waals surface area contributed by atoms with E-state index in [2.05, 4.69) is 10.1 Å². The van der Waals surface area contributed by atoms with Crippen molar-refractivity contribution in [3.63, 3.8) is 0 Å². The zero-order chi connectivity index (χ0) is 14.5. The second kappa shape index (κ2) is 6.29. The van der Waals surface area contributed by atoms with Gasteiger partial charge in [-0.25, -0.2) is 4.79 Å². The summed E-state index contributed by atoms with van der Waals surface area (Å²) in [4.78, 5) is 16.2. The lowest BCUT2D eigenvalue weighted by molar-refractivity contribution is 0.0169. The molecular formula is C14H16N2O4. The van der Waals surface area contributed by atoms with Crippen LogP contribution in [0.3, 0.4) is 0 Å². The summed E-state index contributed by atoms with van der Waals surface area (Å²) in [7, 11) is 1.56. The summed E-state index contributed by atoms with van der Waals surface area (Å²) in [5, 5.41) is 3.72. The molecule has 0 bridgehead atoms. The summed E-state index contributed by atoms with van der Waals surface area (Å²) in [6, 6.07) is 6.95. The molecule has 0 spiro atoms. The first-order valence-electron chi connectivity index (χ1n) is 6.21. The van der Waals surface area contributed by atoms with Crippen molar-refractivity contribution in [3.05, 3.63) is 35.7 Å². The number of rotatable bonds is 5. The van der Waals surface area contributed by atoms with Crippen LogP contribution in [-0.4, -0.2) is 35.9 Å². The summed E-state index contributed by atoms with van der Waals surface area (Å²) >= 11 is 0. The van der Waals surface area contributed by atoms with Crippen LogP contribution in [0.15, 0.2) is 28.8 Å². The van der Waals surface area contributed by atoms with Crippen LogP contribution in [0.1, 0.15) is 23.1 Å². The molecule has 0 aliphatic rings. The summed E-state index contributed by atoms with van der Waals surface area (Å²) < 4.78 is 15.3. The SMILES string of the molecule is CO[C@@H](C)COC(=O)c1ccccc1-c1nc(C)no1. The van der Waals surface area contributed by atoms with Crippen LogP contribution in [0.25, 0.3) is 11.5 Å². The summed E-state index contributed by atoms with van der Waals surface area (Å²) in [5.74, 6) is 0.367. The molecule has 0 saturated heterocycles. The summed E-state index contributed by atoms with van der Waals surface area (Å²) in [6.45, 7) is 3.72. The number of aryl methyl sites for hydroxylation is 1. The molecule has 106 valence electrons. The molecule has 1 aromatic carbocycles. The number of hydrogen-bond acceptors (Lipinski definition) is 6. The quantitative estimate of drug-likeness (QED) is 0.780. The van der Waals surface area contributed by atoms with Crippen LogP contribution in [0, 0.1) is 6.92 Å². The van der Waals surface area contributed by atoms with Gasteiger partial charge in [0.15, 0.2) is 5.82 Å². The lowest BCUT2D eigenvalue weighted by Gasteiger charge is -2.11. The first kappa shape index (κ1) is 14.2. The van der Waals surface area contributed by atoms with E-state index in [1.54, 1.807) is 38.3 Å². The molecule has 0 unspecified atom stereocenters. The molecule has 2 aromatic rings. The highest BCUT2D eigenvalue weighted by atomic mass is 16.6. The third-order valence-corrected chi connectivity index (χ3v) is 2.76. The topological polar surface area (TPSA) is 74.5 Å². The average molecular weight is 276 g/mol. The van der Waals surface area contributed by atoms with Crippen molar-refractivity contribution in [1.82, 2.24) is 10.1 Å². The van der Waals surface area contributed by atoms with E-state index in [9.17, 15) is 4.79 Å². The van der Waals surface area contributed by atoms with Crippen molar-refractivity contribution in [2.75, 3.05) is 13.7 Å². The molecule has 0 N–H and O–H groups in total. The largest absolute Gasteiger partial charge is 0.459 e. The standard InChI is InChI=1S/C14H16N2O4/c1-9(18-3)8-19-14(17)12-7-5-4-6-11(12)13-15-10(2)16-20-13/h4-7,9H,8H2,1-3H3/t9-/m0/s1. The van der Waals surface area contributed by atoms with E-state index < -0.39 is 5.97 Å². The van der Waals surface area contributed by atoms with Gasteiger partial charge in [0.25, 0.3) is 5.89 Å². The average Bonchev–Trinajstić information content (AvgIpc) is 2.90. The predicted octanol–water partition coefficient (Wildman–Crippen LogP) is 2.24. The van der Waals surface area contributed by atoms with Gasteiger partial charge in [-0.3, -0.25) is 0 Å². The lowest BCUT2D eigenvalue weighted by atomic mass is 10.1. The molecule has 2 rings (SSSR count). The molecule has 0 saturated carbocycles. The van der Waals surface area contributed by atoms with Gasteiger partial charge in [-0.2, -0.15) is 4.98 Å². The van der Waals surface area contributed by atoms with E-state index in [-0.39, 0.29) is 12.7 Å². The number of aromatic nitrogens is 2. The van der Waals surface area contributed by atoms with E-state index >= 15 is 0 Å². The van der Waals surface area contributed by atoms with Gasteiger partial charge in [0.2, 0.25) is 0 Å². The van der Waals surface area contributed by atoms with Gasteiger partial charge < -0.3 is 14.0 Å². The van der Waals surface area contributed by atoms with Crippen LogP contribution in [0.2, 0.25) is 0 Å². The fourth-order valence-electron chi connectivity index (χ4n) is 1.59. The third kappa shape index (κ3) is 3.21. The van der Waals surface area contributed by atoms with Gasteiger partial charge in [0.1, 0.15) is 6.61 Å². The number of carbonyl (C=O) groups excluding carboxylic acids is 1. The highest BCUT2D eigenvalue weighted by molar-refractivity contribution is 5.96. The number of esters is 1. The van der Waals surface area contributed by atoms with E-state index in [0.29, 0.717) is 22.8 Å². The van der Waals surface area contributed by atoms with Gasteiger partial charge in [-0.15, -0.1) is 0 Å². The fourth-order valence-corrected chi connectivity index (χ4v) is 1.59. The minimum atomic E-state index is -0.444. The van der Waals surface area contributed by atoms with Gasteiger partial charge in [0, 0.05) is 7.11 Å². The van der Waals surface area contributed by atoms with Crippen molar-refractivity contribution >= 4 is 5.97 Å². The van der Waals surface area contributed by atoms with Gasteiger partial charge in [0.05, 0.1) is 17.2 Å². The van der Waals surface area contributed by atoms with Crippen molar-refractivity contribution in [3.8, 4) is 11.5 Å². The third-order valence-electron chi connectivity index (χ3n) is 2.76. The first-order valence-corrected chi connectivity index (χ1v) is 6.21. The smallest absolute Gasteiger partial charge is 0.339 e. The highest BCUT2D eigenvalue weighted by Gasteiger charge is 2.18. The first-order chi connectivity index (χ1) is 9.61. The molecule has 20 heavy (non-hydrogen) atoms. The van der Waals surface area contributed by atoms with Gasteiger partial charge >= 0.3 is 5.97 Å². The molecular weight excluding hydrogens is 260 g/mol. The maximum Gasteiger partial charge on any atom is 0.339 e. The molecule has 1 heterocycles. The Morgan fingerprint density at radius 2 is 2.15 bits per heavy atom. The monoisotopic (exact) mass is 276 g/mol. The minimum absolute atomic E-state index is 0.156. The Labute approximate surface area is 116 Å². The second-order valence-electron chi connectivity index (χ2n) is 4.34. The molecule has 1 atom stereocenters. The summed E-state index contributed by atoms with van der Waals surface area (Å²) in [5.41, 5.74) is 0.947. The fraction of sp³-hybridized carbons (Fsp3) is 0.357. The predicted molar refractivity (Wildman–Crippen MR) is 71.2 cm³/mol. The van der Waals surface area contributed by atoms with Gasteiger partial charge in [-0.05, 0) is 26.0 Å². The Hall–Kier alpha value is -2.21. The molecule has 0 radical (unpaired) electrons. The molecule has 6 heteroatoms. The Balaban J connectivity index is 2.22. The van der Waals surface area contributed by atoms with Crippen molar-refractivity contribution in [1.29, 1.82) is 0 Å². The van der Waals surface area contributed by atoms with Gasteiger partial charge in [-0.1, -0.05) is 17.3 Å². The Bertz CT molecular complexity index is 594. The minimum Gasteiger partial charge on any atom is -0.459 e. The van der Waals surface area contributed by atoms with Crippen molar-refractivity contribution in [2.45, 2.75) is 20.0 Å². The lowest BCUT2D eigenvalue weighted by Crippen LogP contribution is -2.18. The van der Waals surface area contributed by atoms with E-state index in [1.807, 2.05) is 6.92 Å². The van der Waals surface area contributed by atoms with Crippen LogP contribution >= 0.6 is 0 Å². The Morgan fingerprint density at radius 1 is 1.40 bits per heavy atom. The number of carbonyl (C=O) groups is 1. The number of benzene rings is 1. The number of methoxy groups -OCH3 is 1. The van der Waals surface area contributed by atoms with Crippen molar-refractivity contribution in [2.24, 2.45) is 0 Å². The van der Waals surface area contributed by atoms with E-state index in [0.717, 1.165) is 0 Å². The molecule has 6 nitrogen and oxygen atoms in total. The van der Waals surface area contributed by atoms with E-state index in [4.69, 9.17) is 14.0 Å². The molecule has 1 aromatic heterocycles. The van der Waals surface area contributed by atoms with Crippen LogP contribution in [0.5, 0.6) is 0 Å². The maximum absolute atomic E-state index is 12.1. The molecule has 0 aliphatic heterocycles. The van der Waals surface area contributed by atoms with E-state index in [1.165, 1.54) is 0 Å². The Morgan fingerprint density at radius 3 is 2.80 bits per heavy atom. The number of ether oxygens (including phenoxy) is 2. The molecule has 0 amide bonds. The van der Waals surface area contributed by atoms with Crippen LogP contribution in [0.4, 0.5) is 0 Å². The molecule has 0 aliphatic carbocycles. The normalized spacial score (nSPS) is 12.2.